The molecule has 0 aliphatic heterocycles. The van der Waals surface area contributed by atoms with Crippen LogP contribution in [0, 0.1) is 11.6 Å². The Morgan fingerprint density at radius 2 is 1.67 bits per heavy atom. The predicted molar refractivity (Wildman–Crippen MR) is 106 cm³/mol. The van der Waals surface area contributed by atoms with Gasteiger partial charge in [-0.2, -0.15) is 0 Å². The van der Waals surface area contributed by atoms with Crippen LogP contribution in [0.4, 0.5) is 8.78 Å². The van der Waals surface area contributed by atoms with Gasteiger partial charge in [-0.05, 0) is 60.7 Å². The van der Waals surface area contributed by atoms with Gasteiger partial charge < -0.3 is 9.15 Å². The molecule has 0 atom stereocenters. The van der Waals surface area contributed by atoms with Gasteiger partial charge in [0, 0.05) is 11.3 Å². The highest BCUT2D eigenvalue weighted by Crippen LogP contribution is 2.30. The van der Waals surface area contributed by atoms with E-state index in [-0.39, 0.29) is 17.4 Å². The van der Waals surface area contributed by atoms with Gasteiger partial charge in [0.1, 0.15) is 17.4 Å². The average molecular weight is 427 g/mol. The number of ether oxygens (including phenoxy) is 1. The monoisotopic (exact) mass is 427 g/mol. The van der Waals surface area contributed by atoms with Crippen LogP contribution < -0.4 is 0 Å². The van der Waals surface area contributed by atoms with Crippen LogP contribution in [0.5, 0.6) is 0 Å². The van der Waals surface area contributed by atoms with Crippen molar-refractivity contribution in [1.82, 2.24) is 14.8 Å². The molecule has 2 aromatic carbocycles. The Balaban J connectivity index is 1.67. The lowest BCUT2D eigenvalue weighted by Gasteiger charge is -2.10. The summed E-state index contributed by atoms with van der Waals surface area (Å²) < 4.78 is 38.6. The van der Waals surface area contributed by atoms with Crippen LogP contribution in [-0.4, -0.2) is 27.8 Å². The van der Waals surface area contributed by atoms with Gasteiger partial charge >= 0.3 is 5.97 Å². The molecule has 0 aliphatic rings. The van der Waals surface area contributed by atoms with Crippen molar-refractivity contribution in [2.45, 2.75) is 10.9 Å². The lowest BCUT2D eigenvalue weighted by molar-refractivity contribution is 0.0563. The smallest absolute Gasteiger partial charge is 0.373 e. The van der Waals surface area contributed by atoms with E-state index in [2.05, 4.69) is 14.9 Å². The second-order valence-corrected chi connectivity index (χ2v) is 7.11. The van der Waals surface area contributed by atoms with Crippen molar-refractivity contribution < 1.29 is 22.7 Å². The molecule has 0 saturated carbocycles. The van der Waals surface area contributed by atoms with Gasteiger partial charge in [0.25, 0.3) is 0 Å². The number of esters is 1. The molecule has 2 heterocycles. The third kappa shape index (κ3) is 4.11. The second kappa shape index (κ2) is 8.50. The lowest BCUT2D eigenvalue weighted by Crippen LogP contribution is -2.00. The normalized spacial score (nSPS) is 10.9. The van der Waals surface area contributed by atoms with E-state index in [0.717, 1.165) is 0 Å². The summed E-state index contributed by atoms with van der Waals surface area (Å²) in [4.78, 5) is 11.5. The number of thioether (sulfide) groups is 1. The maximum atomic E-state index is 13.4. The number of carbonyl (C=O) groups excluding carboxylic acids is 1. The number of methoxy groups -OCH3 is 1. The molecule has 0 fully saturated rings. The molecule has 0 unspecified atom stereocenters. The molecule has 6 nitrogen and oxygen atoms in total. The molecule has 30 heavy (non-hydrogen) atoms. The van der Waals surface area contributed by atoms with E-state index in [1.165, 1.54) is 49.2 Å². The third-order valence-corrected chi connectivity index (χ3v) is 5.16. The summed E-state index contributed by atoms with van der Waals surface area (Å²) >= 11 is 1.33. The first-order valence-electron chi connectivity index (χ1n) is 8.82. The Hall–Kier alpha value is -3.46. The van der Waals surface area contributed by atoms with Crippen molar-refractivity contribution in [3.05, 3.63) is 83.8 Å². The van der Waals surface area contributed by atoms with Crippen molar-refractivity contribution in [1.29, 1.82) is 0 Å². The van der Waals surface area contributed by atoms with Crippen LogP contribution in [0.15, 0.2) is 70.2 Å². The second-order valence-electron chi connectivity index (χ2n) is 6.17. The highest BCUT2D eigenvalue weighted by atomic mass is 32.2. The highest BCUT2D eigenvalue weighted by Gasteiger charge is 2.18. The number of nitrogens with zero attached hydrogens (tertiary/aromatic N) is 3. The summed E-state index contributed by atoms with van der Waals surface area (Å²) in [5, 5.41) is 9.01. The minimum atomic E-state index is -0.556. The summed E-state index contributed by atoms with van der Waals surface area (Å²) in [5.74, 6) is 0.242. The van der Waals surface area contributed by atoms with Crippen LogP contribution >= 0.6 is 11.8 Å². The standard InChI is InChI=1S/C21H15F2N3O3S/c1-28-20(27)18-11-10-17(29-18)12-30-21-25-24-19(13-2-4-14(22)5-3-13)26(21)16-8-6-15(23)7-9-16/h2-11H,12H2,1H3. The molecule has 0 spiro atoms. The fourth-order valence-electron chi connectivity index (χ4n) is 2.77. The Morgan fingerprint density at radius 1 is 1.00 bits per heavy atom. The molecule has 0 N–H and O–H groups in total. The molecular formula is C21H15F2N3O3S. The van der Waals surface area contributed by atoms with Crippen LogP contribution in [0.3, 0.4) is 0 Å². The van der Waals surface area contributed by atoms with Crippen LogP contribution in [0.2, 0.25) is 0 Å². The zero-order chi connectivity index (χ0) is 21.1. The number of hydrogen-bond acceptors (Lipinski definition) is 6. The number of halogens is 2. The molecule has 0 aliphatic carbocycles. The van der Waals surface area contributed by atoms with E-state index >= 15 is 0 Å². The fraction of sp³-hybridized carbons (Fsp3) is 0.0952. The van der Waals surface area contributed by atoms with Gasteiger partial charge in [0.2, 0.25) is 5.76 Å². The molecule has 4 aromatic rings. The largest absolute Gasteiger partial charge is 0.463 e. The molecule has 152 valence electrons. The van der Waals surface area contributed by atoms with Gasteiger partial charge in [-0.1, -0.05) is 11.8 Å². The SMILES string of the molecule is COC(=O)c1ccc(CSc2nnc(-c3ccc(F)cc3)n2-c2ccc(F)cc2)o1. The fourth-order valence-corrected chi connectivity index (χ4v) is 3.62. The predicted octanol–water partition coefficient (Wildman–Crippen LogP) is 4.88. The van der Waals surface area contributed by atoms with Crippen LogP contribution in [0.1, 0.15) is 16.3 Å². The van der Waals surface area contributed by atoms with Crippen LogP contribution in [0.25, 0.3) is 17.1 Å². The minimum absolute atomic E-state index is 0.111. The number of furan rings is 1. The average Bonchev–Trinajstić information content (AvgIpc) is 3.40. The minimum Gasteiger partial charge on any atom is -0.463 e. The zero-order valence-corrected chi connectivity index (χ0v) is 16.5. The Morgan fingerprint density at radius 3 is 2.33 bits per heavy atom. The summed E-state index contributed by atoms with van der Waals surface area (Å²) in [7, 11) is 1.28. The van der Waals surface area contributed by atoms with E-state index in [4.69, 9.17) is 4.42 Å². The van der Waals surface area contributed by atoms with E-state index in [9.17, 15) is 13.6 Å². The summed E-state index contributed by atoms with van der Waals surface area (Å²) in [6.07, 6.45) is 0. The Bertz CT molecular complexity index is 1170. The third-order valence-electron chi connectivity index (χ3n) is 4.21. The molecule has 0 amide bonds. The molecule has 0 radical (unpaired) electrons. The van der Waals surface area contributed by atoms with Crippen molar-refractivity contribution in [3.8, 4) is 17.1 Å². The molecule has 0 saturated heterocycles. The van der Waals surface area contributed by atoms with Crippen LogP contribution in [-0.2, 0) is 10.5 Å². The topological polar surface area (TPSA) is 70.2 Å². The molecule has 9 heteroatoms. The molecule has 0 bridgehead atoms. The van der Waals surface area contributed by atoms with Gasteiger partial charge in [0.15, 0.2) is 11.0 Å². The molecular weight excluding hydrogens is 412 g/mol. The number of carbonyl (C=O) groups is 1. The summed E-state index contributed by atoms with van der Waals surface area (Å²) in [6, 6.07) is 15.0. The van der Waals surface area contributed by atoms with Crippen molar-refractivity contribution >= 4 is 17.7 Å². The molecule has 2 aromatic heterocycles. The number of rotatable bonds is 6. The molecule has 4 rings (SSSR count). The maximum absolute atomic E-state index is 13.4. The first-order valence-corrected chi connectivity index (χ1v) is 9.81. The zero-order valence-electron chi connectivity index (χ0n) is 15.7. The Labute approximate surface area is 174 Å². The van der Waals surface area contributed by atoms with E-state index in [1.54, 1.807) is 34.9 Å². The summed E-state index contributed by atoms with van der Waals surface area (Å²) in [6.45, 7) is 0. The highest BCUT2D eigenvalue weighted by molar-refractivity contribution is 7.98. The number of benzene rings is 2. The van der Waals surface area contributed by atoms with Gasteiger partial charge in [-0.3, -0.25) is 4.57 Å². The number of hydrogen-bond donors (Lipinski definition) is 0. The first kappa shape index (κ1) is 19.8. The summed E-state index contributed by atoms with van der Waals surface area (Å²) in [5.41, 5.74) is 1.31. The van der Waals surface area contributed by atoms with Gasteiger partial charge in [0.05, 0.1) is 12.9 Å². The number of aromatic nitrogens is 3. The van der Waals surface area contributed by atoms with Crippen molar-refractivity contribution in [3.63, 3.8) is 0 Å². The van der Waals surface area contributed by atoms with Gasteiger partial charge in [-0.25, -0.2) is 13.6 Å². The van der Waals surface area contributed by atoms with E-state index in [0.29, 0.717) is 33.7 Å². The Kier molecular flexibility index (Phi) is 5.62. The lowest BCUT2D eigenvalue weighted by atomic mass is 10.2. The van der Waals surface area contributed by atoms with E-state index < -0.39 is 5.97 Å². The van der Waals surface area contributed by atoms with Crippen molar-refractivity contribution in [2.75, 3.05) is 7.11 Å². The van der Waals surface area contributed by atoms with Crippen molar-refractivity contribution in [2.24, 2.45) is 0 Å². The quantitative estimate of drug-likeness (QED) is 0.323. The first-order chi connectivity index (χ1) is 14.5. The maximum Gasteiger partial charge on any atom is 0.373 e. The van der Waals surface area contributed by atoms with E-state index in [1.807, 2.05) is 0 Å². The van der Waals surface area contributed by atoms with Gasteiger partial charge in [-0.15, -0.1) is 10.2 Å².